The summed E-state index contributed by atoms with van der Waals surface area (Å²) >= 11 is 1.05. The Morgan fingerprint density at radius 3 is 2.59 bits per heavy atom. The van der Waals surface area contributed by atoms with Gasteiger partial charge in [-0.3, -0.25) is 14.5 Å². The van der Waals surface area contributed by atoms with Crippen molar-refractivity contribution in [2.75, 3.05) is 12.0 Å². The number of amides is 1. The average Bonchev–Trinajstić information content (AvgIpc) is 3.32. The Balaban J connectivity index is 1.78. The highest BCUT2D eigenvalue weighted by Crippen LogP contribution is 2.43. The molecule has 0 aliphatic carbocycles. The first-order valence-electron chi connectivity index (χ1n) is 9.92. The van der Waals surface area contributed by atoms with E-state index in [2.05, 4.69) is 4.98 Å². The molecule has 1 amide bonds. The average molecular weight is 446 g/mol. The molecule has 32 heavy (non-hydrogen) atoms. The third-order valence-corrected chi connectivity index (χ3v) is 6.64. The van der Waals surface area contributed by atoms with Gasteiger partial charge in [-0.15, -0.1) is 0 Å². The number of carbonyl (C=O) groups is 2. The maximum absolute atomic E-state index is 13.6. The molecule has 160 valence electrons. The number of anilines is 1. The Bertz CT molecular complexity index is 1450. The van der Waals surface area contributed by atoms with Crippen LogP contribution in [0.2, 0.25) is 0 Å². The van der Waals surface area contributed by atoms with Gasteiger partial charge in [0.15, 0.2) is 10.6 Å². The van der Waals surface area contributed by atoms with E-state index in [0.29, 0.717) is 26.7 Å². The number of thiazole rings is 1. The number of aromatic nitrogens is 1. The van der Waals surface area contributed by atoms with Crippen LogP contribution in [0.3, 0.4) is 0 Å². The smallest absolute Gasteiger partial charge is 0.350 e. The number of ether oxygens (including phenoxy) is 1. The topological polar surface area (TPSA) is 89.7 Å². The largest absolute Gasteiger partial charge is 0.465 e. The lowest BCUT2D eigenvalue weighted by molar-refractivity contribution is 0.0605. The quantitative estimate of drug-likeness (QED) is 0.433. The molecule has 5 rings (SSSR count). The molecule has 0 saturated carbocycles. The Labute approximate surface area is 186 Å². The zero-order chi connectivity index (χ0) is 22.6. The molecule has 1 unspecified atom stereocenters. The maximum atomic E-state index is 13.6. The van der Waals surface area contributed by atoms with Crippen LogP contribution in [-0.4, -0.2) is 24.0 Å². The highest BCUT2D eigenvalue weighted by molar-refractivity contribution is 7.17. The number of rotatable bonds is 3. The summed E-state index contributed by atoms with van der Waals surface area (Å²) in [5, 5.41) is 0.720. The van der Waals surface area contributed by atoms with Crippen LogP contribution in [0.1, 0.15) is 48.7 Å². The summed E-state index contributed by atoms with van der Waals surface area (Å²) < 4.78 is 10.8. The Hall–Kier alpha value is -3.78. The van der Waals surface area contributed by atoms with Crippen molar-refractivity contribution in [1.82, 2.24) is 4.98 Å². The molecule has 1 atom stereocenters. The molecule has 4 aromatic rings. The van der Waals surface area contributed by atoms with Crippen molar-refractivity contribution >= 4 is 39.3 Å². The second-order valence-corrected chi connectivity index (χ2v) is 8.54. The van der Waals surface area contributed by atoms with E-state index in [4.69, 9.17) is 9.15 Å². The Morgan fingerprint density at radius 1 is 1.12 bits per heavy atom. The van der Waals surface area contributed by atoms with Crippen molar-refractivity contribution in [2.45, 2.75) is 19.9 Å². The fourth-order valence-electron chi connectivity index (χ4n) is 4.00. The van der Waals surface area contributed by atoms with E-state index in [0.717, 1.165) is 22.5 Å². The molecule has 1 aliphatic rings. The number of benzene rings is 2. The number of aryl methyl sites for hydroxylation is 2. The van der Waals surface area contributed by atoms with E-state index in [1.807, 2.05) is 43.3 Å². The standard InChI is InChI=1S/C24H18N2O5S/c1-12-9-10-16-15(11-12)19(27)17-18(14-7-5-4-6-8-14)26(22(28)20(17)31-16)24-25-13(2)21(32-24)23(29)30-3/h4-11,18H,1-3H3. The summed E-state index contributed by atoms with van der Waals surface area (Å²) in [6.45, 7) is 3.57. The summed E-state index contributed by atoms with van der Waals surface area (Å²) in [5.41, 5.74) is 2.48. The van der Waals surface area contributed by atoms with Crippen molar-refractivity contribution < 1.29 is 18.7 Å². The molecule has 0 spiro atoms. The van der Waals surface area contributed by atoms with Crippen LogP contribution >= 0.6 is 11.3 Å². The monoisotopic (exact) mass is 446 g/mol. The predicted molar refractivity (Wildman–Crippen MR) is 121 cm³/mol. The first-order chi connectivity index (χ1) is 15.4. The molecule has 1 aliphatic heterocycles. The molecule has 0 saturated heterocycles. The number of hydrogen-bond acceptors (Lipinski definition) is 7. The lowest BCUT2D eigenvalue weighted by Gasteiger charge is -2.22. The van der Waals surface area contributed by atoms with Crippen molar-refractivity contribution in [2.24, 2.45) is 0 Å². The molecule has 8 heteroatoms. The number of carbonyl (C=O) groups excluding carboxylic acids is 2. The first kappa shape index (κ1) is 20.1. The predicted octanol–water partition coefficient (Wildman–Crippen LogP) is 4.40. The van der Waals surface area contributed by atoms with Crippen LogP contribution in [0.15, 0.2) is 57.7 Å². The first-order valence-corrected chi connectivity index (χ1v) is 10.7. The van der Waals surface area contributed by atoms with Gasteiger partial charge in [-0.1, -0.05) is 53.3 Å². The van der Waals surface area contributed by atoms with E-state index in [9.17, 15) is 14.4 Å². The molecular weight excluding hydrogens is 428 g/mol. The fraction of sp³-hybridized carbons (Fsp3) is 0.167. The van der Waals surface area contributed by atoms with Crippen molar-refractivity contribution in [3.05, 3.63) is 91.8 Å². The molecular formula is C24H18N2O5S. The van der Waals surface area contributed by atoms with Crippen molar-refractivity contribution in [1.29, 1.82) is 0 Å². The summed E-state index contributed by atoms with van der Waals surface area (Å²) in [6.07, 6.45) is 0. The zero-order valence-corrected chi connectivity index (χ0v) is 18.4. The second kappa shape index (κ2) is 7.42. The van der Waals surface area contributed by atoms with Gasteiger partial charge in [0.2, 0.25) is 5.76 Å². The zero-order valence-electron chi connectivity index (χ0n) is 17.5. The molecule has 0 N–H and O–H groups in total. The fourth-order valence-corrected chi connectivity index (χ4v) is 5.01. The number of nitrogens with zero attached hydrogens (tertiary/aromatic N) is 2. The minimum absolute atomic E-state index is 0.00678. The van der Waals surface area contributed by atoms with Gasteiger partial charge in [0, 0.05) is 0 Å². The van der Waals surface area contributed by atoms with Crippen molar-refractivity contribution in [3.63, 3.8) is 0 Å². The molecule has 0 fully saturated rings. The van der Waals surface area contributed by atoms with E-state index in [1.165, 1.54) is 12.0 Å². The summed E-state index contributed by atoms with van der Waals surface area (Å²) in [7, 11) is 1.29. The van der Waals surface area contributed by atoms with Gasteiger partial charge < -0.3 is 9.15 Å². The minimum Gasteiger partial charge on any atom is -0.465 e. The van der Waals surface area contributed by atoms with Crippen LogP contribution in [0.5, 0.6) is 0 Å². The Morgan fingerprint density at radius 2 is 1.88 bits per heavy atom. The van der Waals surface area contributed by atoms with Crippen LogP contribution < -0.4 is 10.3 Å². The molecule has 2 aromatic carbocycles. The van der Waals surface area contributed by atoms with Crippen LogP contribution in [0.25, 0.3) is 11.0 Å². The van der Waals surface area contributed by atoms with E-state index < -0.39 is 17.9 Å². The van der Waals surface area contributed by atoms with Crippen LogP contribution in [-0.2, 0) is 4.74 Å². The normalized spacial score (nSPS) is 15.3. The van der Waals surface area contributed by atoms with Crippen LogP contribution in [0, 0.1) is 13.8 Å². The third-order valence-electron chi connectivity index (χ3n) is 5.50. The van der Waals surface area contributed by atoms with Gasteiger partial charge in [0.05, 0.1) is 29.8 Å². The Kier molecular flexibility index (Phi) is 4.67. The summed E-state index contributed by atoms with van der Waals surface area (Å²) in [6, 6.07) is 13.8. The van der Waals surface area contributed by atoms with Crippen LogP contribution in [0.4, 0.5) is 5.13 Å². The highest BCUT2D eigenvalue weighted by atomic mass is 32.1. The molecule has 0 bridgehead atoms. The van der Waals surface area contributed by atoms with Gasteiger partial charge in [0.25, 0.3) is 5.91 Å². The SMILES string of the molecule is COC(=O)c1sc(N2C(=O)c3oc4ccc(C)cc4c(=O)c3C2c2ccccc2)nc1C. The summed E-state index contributed by atoms with van der Waals surface area (Å²) in [4.78, 5) is 45.5. The van der Waals surface area contributed by atoms with Gasteiger partial charge in [0.1, 0.15) is 10.5 Å². The molecule has 7 nitrogen and oxygen atoms in total. The molecule has 0 radical (unpaired) electrons. The van der Waals surface area contributed by atoms with Gasteiger partial charge in [-0.25, -0.2) is 9.78 Å². The number of fused-ring (bicyclic) bond motifs is 2. The number of hydrogen-bond donors (Lipinski definition) is 0. The second-order valence-electron chi connectivity index (χ2n) is 7.56. The van der Waals surface area contributed by atoms with Crippen molar-refractivity contribution in [3.8, 4) is 0 Å². The highest BCUT2D eigenvalue weighted by Gasteiger charge is 2.45. The lowest BCUT2D eigenvalue weighted by Crippen LogP contribution is -2.29. The lowest BCUT2D eigenvalue weighted by atomic mass is 9.98. The van der Waals surface area contributed by atoms with E-state index in [1.54, 1.807) is 19.1 Å². The van der Waals surface area contributed by atoms with Gasteiger partial charge in [-0.2, -0.15) is 0 Å². The number of esters is 1. The number of methoxy groups -OCH3 is 1. The van der Waals surface area contributed by atoms with E-state index in [-0.39, 0.29) is 16.8 Å². The maximum Gasteiger partial charge on any atom is 0.350 e. The van der Waals surface area contributed by atoms with E-state index >= 15 is 0 Å². The molecule has 2 aromatic heterocycles. The third kappa shape index (κ3) is 2.95. The minimum atomic E-state index is -0.726. The van der Waals surface area contributed by atoms with Gasteiger partial charge >= 0.3 is 5.97 Å². The summed E-state index contributed by atoms with van der Waals surface area (Å²) in [5.74, 6) is -1.01. The molecule has 3 heterocycles. The van der Waals surface area contributed by atoms with Gasteiger partial charge in [-0.05, 0) is 31.5 Å².